The number of fused-ring (bicyclic) bond motifs is 5. The second-order valence-electron chi connectivity index (χ2n) is 12.9. The molecular formula is C30H40FNO7. The molecule has 5 aliphatic carbocycles. The lowest BCUT2D eigenvalue weighted by atomic mass is 9.44. The number of Topliss-reactive ketones (excluding diaryl/α,β-unsaturated/α-hetero) is 1. The van der Waals surface area contributed by atoms with Crippen molar-refractivity contribution < 1.29 is 38.5 Å². The summed E-state index contributed by atoms with van der Waals surface area (Å²) in [4.78, 5) is 49.8. The van der Waals surface area contributed by atoms with Crippen LogP contribution in [0.1, 0.15) is 78.6 Å². The van der Waals surface area contributed by atoms with Crippen molar-refractivity contribution in [1.82, 2.24) is 5.32 Å². The molecule has 0 aromatic carbocycles. The minimum absolute atomic E-state index is 0.0360. The number of rotatable bonds is 7. The van der Waals surface area contributed by atoms with Gasteiger partial charge in [0.1, 0.15) is 5.60 Å². The quantitative estimate of drug-likeness (QED) is 0.420. The maximum absolute atomic E-state index is 17.2. The lowest BCUT2D eigenvalue weighted by molar-refractivity contribution is -0.220. The number of hydrogen-bond donors (Lipinski definition) is 3. The first-order valence-corrected chi connectivity index (χ1v) is 14.3. The summed E-state index contributed by atoms with van der Waals surface area (Å²) in [6.45, 7) is 4.56. The average molecular weight is 546 g/mol. The Morgan fingerprint density at radius 3 is 2.54 bits per heavy atom. The third-order valence-corrected chi connectivity index (χ3v) is 11.0. The molecule has 8 nitrogen and oxygen atoms in total. The van der Waals surface area contributed by atoms with E-state index in [1.807, 2.05) is 0 Å². The summed E-state index contributed by atoms with van der Waals surface area (Å²) < 4.78 is 22.4. The Kier molecular flexibility index (Phi) is 6.94. The van der Waals surface area contributed by atoms with E-state index in [1.165, 1.54) is 12.2 Å². The number of aliphatic hydroxyl groups is 2. The fraction of sp³-hybridized carbons (Fsp3) is 0.733. The summed E-state index contributed by atoms with van der Waals surface area (Å²) in [6, 6.07) is 0.168. The summed E-state index contributed by atoms with van der Waals surface area (Å²) >= 11 is 0. The van der Waals surface area contributed by atoms with Gasteiger partial charge in [0.25, 0.3) is 0 Å². The summed E-state index contributed by atoms with van der Waals surface area (Å²) in [7, 11) is 0. The first-order chi connectivity index (χ1) is 18.3. The van der Waals surface area contributed by atoms with Gasteiger partial charge in [-0.05, 0) is 75.9 Å². The highest BCUT2D eigenvalue weighted by atomic mass is 19.1. The van der Waals surface area contributed by atoms with Crippen LogP contribution in [-0.4, -0.2) is 63.7 Å². The summed E-state index contributed by atoms with van der Waals surface area (Å²) in [5, 5.41) is 26.2. The molecule has 0 aliphatic heterocycles. The Morgan fingerprint density at radius 2 is 1.87 bits per heavy atom. The van der Waals surface area contributed by atoms with Crippen molar-refractivity contribution in [1.29, 1.82) is 0 Å². The first-order valence-electron chi connectivity index (χ1n) is 14.3. The molecule has 0 saturated heterocycles. The van der Waals surface area contributed by atoms with E-state index in [0.29, 0.717) is 24.8 Å². The van der Waals surface area contributed by atoms with Gasteiger partial charge in [-0.25, -0.2) is 4.39 Å². The van der Waals surface area contributed by atoms with Crippen molar-refractivity contribution >= 4 is 23.4 Å². The van der Waals surface area contributed by atoms with E-state index in [0.717, 1.165) is 19.3 Å². The van der Waals surface area contributed by atoms with Gasteiger partial charge in [0, 0.05) is 29.2 Å². The third-order valence-electron chi connectivity index (χ3n) is 11.0. The Labute approximate surface area is 228 Å². The number of carbonyl (C=O) groups excluding carboxylic acids is 4. The molecule has 0 heterocycles. The normalized spacial score (nSPS) is 42.9. The smallest absolute Gasteiger partial charge is 0.306 e. The van der Waals surface area contributed by atoms with E-state index in [-0.39, 0.29) is 37.0 Å². The molecule has 214 valence electrons. The van der Waals surface area contributed by atoms with Gasteiger partial charge in [-0.2, -0.15) is 0 Å². The summed E-state index contributed by atoms with van der Waals surface area (Å²) in [6.07, 6.45) is 6.81. The zero-order valence-electron chi connectivity index (χ0n) is 23.0. The van der Waals surface area contributed by atoms with E-state index in [4.69, 9.17) is 4.74 Å². The lowest BCUT2D eigenvalue weighted by Gasteiger charge is -2.62. The van der Waals surface area contributed by atoms with Gasteiger partial charge >= 0.3 is 5.97 Å². The number of halogens is 1. The predicted octanol–water partition coefficient (Wildman–Crippen LogP) is 2.90. The molecule has 0 spiro atoms. The maximum atomic E-state index is 17.2. The minimum Gasteiger partial charge on any atom is -0.458 e. The van der Waals surface area contributed by atoms with E-state index in [1.54, 1.807) is 26.8 Å². The molecule has 0 radical (unpaired) electrons. The van der Waals surface area contributed by atoms with Crippen molar-refractivity contribution in [2.75, 3.05) is 6.61 Å². The van der Waals surface area contributed by atoms with Gasteiger partial charge in [-0.15, -0.1) is 0 Å². The number of carbonyl (C=O) groups is 4. The largest absolute Gasteiger partial charge is 0.458 e. The van der Waals surface area contributed by atoms with Gasteiger partial charge in [-0.3, -0.25) is 19.2 Å². The van der Waals surface area contributed by atoms with Gasteiger partial charge < -0.3 is 20.3 Å². The van der Waals surface area contributed by atoms with Crippen LogP contribution in [0, 0.1) is 28.6 Å². The van der Waals surface area contributed by atoms with Gasteiger partial charge in [0.2, 0.25) is 11.7 Å². The van der Waals surface area contributed by atoms with Crippen LogP contribution in [0.4, 0.5) is 4.39 Å². The molecule has 3 N–H and O–H groups in total. The summed E-state index contributed by atoms with van der Waals surface area (Å²) in [5.74, 6) is -3.37. The van der Waals surface area contributed by atoms with Crippen LogP contribution in [0.3, 0.4) is 0 Å². The fourth-order valence-electron chi connectivity index (χ4n) is 8.54. The Balaban J connectivity index is 1.30. The zero-order chi connectivity index (χ0) is 28.4. The van der Waals surface area contributed by atoms with Crippen molar-refractivity contribution in [3.05, 3.63) is 23.8 Å². The first kappa shape index (κ1) is 28.1. The molecule has 0 unspecified atom stereocenters. The molecule has 1 amide bonds. The standard InChI is InChI=1S/C30H40FNO7/c1-17-13-22-21-8-7-18-14-20(33)11-12-27(18,2)29(21,31)23(34)15-28(22,3)30(17,38)24(35)16-39-26(37)10-9-25(36)32-19-5-4-6-19/h11-12,14,17,19,21-23,34,38H,4-10,13,15-16H2,1-3H3,(H,32,36)/t17-,21+,22+,23+,27+,28+,29+,30+/m1/s1. The Bertz CT molecular complexity index is 1150. The number of esters is 1. The fourth-order valence-corrected chi connectivity index (χ4v) is 8.54. The SMILES string of the molecule is C[C@@H]1C[C@H]2[C@@H]3CCC4=CC(=O)C=C[C@]4(C)[C@@]3(F)[C@@H](O)C[C@]2(C)[C@@]1(O)C(=O)COC(=O)CCC(=O)NC1CCC1. The zero-order valence-corrected chi connectivity index (χ0v) is 23.0. The number of ketones is 2. The maximum Gasteiger partial charge on any atom is 0.306 e. The molecule has 0 aromatic heterocycles. The van der Waals surface area contributed by atoms with Crippen LogP contribution in [0.2, 0.25) is 0 Å². The number of nitrogens with one attached hydrogen (secondary N) is 1. The van der Waals surface area contributed by atoms with Crippen LogP contribution in [-0.2, 0) is 23.9 Å². The number of ether oxygens (including phenoxy) is 1. The van der Waals surface area contributed by atoms with Crippen molar-refractivity contribution in [3.8, 4) is 0 Å². The van der Waals surface area contributed by atoms with Gasteiger partial charge in [0.05, 0.1) is 12.5 Å². The molecule has 0 bridgehead atoms. The molecule has 9 heteroatoms. The minimum atomic E-state index is -2.06. The van der Waals surface area contributed by atoms with E-state index in [9.17, 15) is 29.4 Å². The van der Waals surface area contributed by atoms with E-state index < -0.39 is 64.3 Å². The third kappa shape index (κ3) is 4.05. The summed E-state index contributed by atoms with van der Waals surface area (Å²) in [5.41, 5.74) is -5.60. The molecule has 8 atom stereocenters. The second kappa shape index (κ2) is 9.61. The highest BCUT2D eigenvalue weighted by Crippen LogP contribution is 2.70. The van der Waals surface area contributed by atoms with Crippen LogP contribution in [0.15, 0.2) is 23.8 Å². The van der Waals surface area contributed by atoms with Gasteiger partial charge in [0.15, 0.2) is 18.1 Å². The van der Waals surface area contributed by atoms with E-state index in [2.05, 4.69) is 5.32 Å². The second-order valence-corrected chi connectivity index (χ2v) is 12.9. The molecule has 0 aromatic rings. The lowest BCUT2D eigenvalue weighted by Crippen LogP contribution is -2.69. The number of hydrogen-bond acceptors (Lipinski definition) is 7. The van der Waals surface area contributed by atoms with Crippen molar-refractivity contribution in [2.45, 2.75) is 102 Å². The van der Waals surface area contributed by atoms with Crippen molar-refractivity contribution in [2.24, 2.45) is 28.6 Å². The van der Waals surface area contributed by atoms with Crippen LogP contribution >= 0.6 is 0 Å². The topological polar surface area (TPSA) is 130 Å². The molecular weight excluding hydrogens is 505 g/mol. The van der Waals surface area contributed by atoms with Crippen LogP contribution in [0.25, 0.3) is 0 Å². The van der Waals surface area contributed by atoms with Crippen LogP contribution in [0.5, 0.6) is 0 Å². The monoisotopic (exact) mass is 545 g/mol. The molecule has 4 saturated carbocycles. The average Bonchev–Trinajstić information content (AvgIpc) is 3.06. The van der Waals surface area contributed by atoms with E-state index >= 15 is 4.39 Å². The Hall–Kier alpha value is -2.39. The number of allylic oxidation sites excluding steroid dienone is 4. The highest BCUT2D eigenvalue weighted by Gasteiger charge is 2.75. The Morgan fingerprint density at radius 1 is 1.15 bits per heavy atom. The molecule has 39 heavy (non-hydrogen) atoms. The highest BCUT2D eigenvalue weighted by molar-refractivity contribution is 6.01. The van der Waals surface area contributed by atoms with Crippen LogP contribution < -0.4 is 5.32 Å². The predicted molar refractivity (Wildman–Crippen MR) is 139 cm³/mol. The number of alkyl halides is 1. The molecule has 4 fully saturated rings. The van der Waals surface area contributed by atoms with Gasteiger partial charge in [-0.1, -0.05) is 25.5 Å². The number of amides is 1. The molecule has 5 aliphatic rings. The number of aliphatic hydroxyl groups excluding tert-OH is 1. The van der Waals surface area contributed by atoms with Crippen molar-refractivity contribution in [3.63, 3.8) is 0 Å². The molecule has 5 rings (SSSR count).